The molecule has 0 aliphatic carbocycles. The molecule has 0 saturated carbocycles. The molecule has 0 aliphatic rings. The fourth-order valence-corrected chi connectivity index (χ4v) is 9.03. The minimum atomic E-state index is 0.837. The smallest absolute Gasteiger partial charge is 0.145 e. The Morgan fingerprint density at radius 1 is 0.362 bits per heavy atom. The summed E-state index contributed by atoms with van der Waals surface area (Å²) in [6, 6.07) is 73.1. The summed E-state index contributed by atoms with van der Waals surface area (Å²) < 4.78 is 15.9. The van der Waals surface area contributed by atoms with Crippen molar-refractivity contribution in [1.82, 2.24) is 4.57 Å². The summed E-state index contributed by atoms with van der Waals surface area (Å²) in [5, 5.41) is 6.68. The third-order valence-electron chi connectivity index (χ3n) is 11.6. The zero-order chi connectivity index (χ0) is 38.2. The van der Waals surface area contributed by atoms with Crippen LogP contribution in [0.4, 0.5) is 17.1 Å². The molecule has 9 aromatic carbocycles. The molecule has 3 heterocycles. The van der Waals surface area contributed by atoms with E-state index in [0.717, 1.165) is 88.9 Å². The van der Waals surface area contributed by atoms with Gasteiger partial charge >= 0.3 is 0 Å². The first-order chi connectivity index (χ1) is 28.8. The van der Waals surface area contributed by atoms with Crippen molar-refractivity contribution in [3.8, 4) is 27.9 Å². The van der Waals surface area contributed by atoms with Crippen LogP contribution in [0.2, 0.25) is 0 Å². The lowest BCUT2D eigenvalue weighted by molar-refractivity contribution is 0.669. The maximum absolute atomic E-state index is 7.04. The molecule has 0 amide bonds. The fourth-order valence-electron chi connectivity index (χ4n) is 9.03. The summed E-state index contributed by atoms with van der Waals surface area (Å²) in [5.74, 6) is 0. The van der Waals surface area contributed by atoms with Crippen molar-refractivity contribution < 1.29 is 8.83 Å². The molecule has 4 heteroatoms. The summed E-state index contributed by atoms with van der Waals surface area (Å²) in [6.45, 7) is 0. The van der Waals surface area contributed by atoms with Gasteiger partial charge in [-0.15, -0.1) is 0 Å². The number of nitrogens with zero attached hydrogens (tertiary/aromatic N) is 2. The molecule has 0 saturated heterocycles. The van der Waals surface area contributed by atoms with Gasteiger partial charge in [-0.25, -0.2) is 0 Å². The van der Waals surface area contributed by atoms with Gasteiger partial charge < -0.3 is 18.3 Å². The number of rotatable bonds is 6. The Morgan fingerprint density at radius 3 is 1.76 bits per heavy atom. The van der Waals surface area contributed by atoms with E-state index in [1.165, 1.54) is 21.8 Å². The number of fused-ring (bicyclic) bond motifs is 9. The third kappa shape index (κ3) is 4.95. The molecule has 0 N–H and O–H groups in total. The van der Waals surface area contributed by atoms with E-state index in [4.69, 9.17) is 8.83 Å². The molecular weight excluding hydrogens is 709 g/mol. The predicted molar refractivity (Wildman–Crippen MR) is 241 cm³/mol. The van der Waals surface area contributed by atoms with Crippen LogP contribution in [0.25, 0.3) is 93.6 Å². The van der Waals surface area contributed by atoms with E-state index in [1.807, 2.05) is 12.1 Å². The van der Waals surface area contributed by atoms with Gasteiger partial charge in [0.15, 0.2) is 0 Å². The molecule has 0 radical (unpaired) electrons. The molecule has 3 aromatic heterocycles. The second-order valence-electron chi connectivity index (χ2n) is 14.9. The highest BCUT2D eigenvalue weighted by molar-refractivity contribution is 6.20. The van der Waals surface area contributed by atoms with Crippen molar-refractivity contribution in [2.75, 3.05) is 4.90 Å². The molecule has 4 nitrogen and oxygen atoms in total. The molecule has 0 spiro atoms. The second kappa shape index (κ2) is 12.9. The predicted octanol–water partition coefficient (Wildman–Crippen LogP) is 15.4. The van der Waals surface area contributed by atoms with E-state index in [-0.39, 0.29) is 0 Å². The normalized spacial score (nSPS) is 11.8. The summed E-state index contributed by atoms with van der Waals surface area (Å²) in [7, 11) is 0. The molecular formula is C54H34N2O2. The van der Waals surface area contributed by atoms with E-state index < -0.39 is 0 Å². The van der Waals surface area contributed by atoms with Crippen LogP contribution < -0.4 is 4.90 Å². The van der Waals surface area contributed by atoms with Gasteiger partial charge in [-0.2, -0.15) is 0 Å². The van der Waals surface area contributed by atoms with E-state index >= 15 is 0 Å². The van der Waals surface area contributed by atoms with E-state index in [1.54, 1.807) is 0 Å². The highest BCUT2D eigenvalue weighted by Crippen LogP contribution is 2.49. The molecule has 272 valence electrons. The van der Waals surface area contributed by atoms with Crippen LogP contribution in [0.1, 0.15) is 0 Å². The zero-order valence-corrected chi connectivity index (χ0v) is 31.3. The minimum Gasteiger partial charge on any atom is -0.456 e. The monoisotopic (exact) mass is 742 g/mol. The van der Waals surface area contributed by atoms with Crippen LogP contribution in [-0.4, -0.2) is 4.57 Å². The van der Waals surface area contributed by atoms with Gasteiger partial charge in [-0.05, 0) is 89.5 Å². The SMILES string of the molecule is c1ccc(-c2ccc3c(c2)oc2c(-c4ccccc4)ccc(N(c4cccc(-n5c6ccccc6c6ccccc65)c4)c4cccc5oc6ccccc6c45)c23)cc1. The van der Waals surface area contributed by atoms with Gasteiger partial charge in [0.05, 0.1) is 33.2 Å². The standard InChI is InChI=1S/C54H34N2O2/c1-3-15-35(16-4-1)37-29-30-44-51(33-37)58-54-40(36-17-5-2-6-18-36)31-32-48(53(44)54)56(47-26-14-28-50-52(47)43-23-9-12-27-49(43)57-50)39-20-13-19-38(34-39)55-45-24-10-7-21-41(45)42-22-8-11-25-46(42)55/h1-34H. The Bertz CT molecular complexity index is 3470. The summed E-state index contributed by atoms with van der Waals surface area (Å²) in [6.07, 6.45) is 0. The average molecular weight is 743 g/mol. The largest absolute Gasteiger partial charge is 0.456 e. The second-order valence-corrected chi connectivity index (χ2v) is 14.9. The number of hydrogen-bond acceptors (Lipinski definition) is 3. The van der Waals surface area contributed by atoms with Crippen molar-refractivity contribution in [3.63, 3.8) is 0 Å². The van der Waals surface area contributed by atoms with Gasteiger partial charge in [0.1, 0.15) is 22.3 Å². The Balaban J connectivity index is 1.18. The fraction of sp³-hybridized carbons (Fsp3) is 0. The first-order valence-corrected chi connectivity index (χ1v) is 19.7. The van der Waals surface area contributed by atoms with Crippen molar-refractivity contribution in [3.05, 3.63) is 206 Å². The summed E-state index contributed by atoms with van der Waals surface area (Å²) in [4.78, 5) is 2.40. The van der Waals surface area contributed by atoms with Gasteiger partial charge in [0, 0.05) is 38.5 Å². The number of benzene rings is 9. The number of furan rings is 2. The molecule has 0 unspecified atom stereocenters. The summed E-state index contributed by atoms with van der Waals surface area (Å²) >= 11 is 0. The van der Waals surface area contributed by atoms with Crippen LogP contribution in [0.15, 0.2) is 215 Å². The lowest BCUT2D eigenvalue weighted by Crippen LogP contribution is -2.11. The third-order valence-corrected chi connectivity index (χ3v) is 11.6. The van der Waals surface area contributed by atoms with Crippen LogP contribution in [-0.2, 0) is 0 Å². The van der Waals surface area contributed by atoms with Crippen LogP contribution in [0.3, 0.4) is 0 Å². The zero-order valence-electron chi connectivity index (χ0n) is 31.3. The highest BCUT2D eigenvalue weighted by Gasteiger charge is 2.26. The topological polar surface area (TPSA) is 34.5 Å². The van der Waals surface area contributed by atoms with Crippen molar-refractivity contribution >= 4 is 82.7 Å². The first kappa shape index (κ1) is 32.4. The maximum Gasteiger partial charge on any atom is 0.145 e. The Kier molecular flexibility index (Phi) is 7.20. The Labute approximate surface area is 334 Å². The van der Waals surface area contributed by atoms with Crippen molar-refractivity contribution in [2.45, 2.75) is 0 Å². The van der Waals surface area contributed by atoms with Gasteiger partial charge in [0.2, 0.25) is 0 Å². The first-order valence-electron chi connectivity index (χ1n) is 19.7. The van der Waals surface area contributed by atoms with Crippen molar-refractivity contribution in [1.29, 1.82) is 0 Å². The average Bonchev–Trinajstić information content (AvgIpc) is 3.97. The van der Waals surface area contributed by atoms with Gasteiger partial charge in [-0.3, -0.25) is 0 Å². The molecule has 0 atom stereocenters. The lowest BCUT2D eigenvalue weighted by Gasteiger charge is -2.28. The number of anilines is 3. The van der Waals surface area contributed by atoms with E-state index in [9.17, 15) is 0 Å². The van der Waals surface area contributed by atoms with Crippen LogP contribution in [0, 0.1) is 0 Å². The van der Waals surface area contributed by atoms with Gasteiger partial charge in [0.25, 0.3) is 0 Å². The van der Waals surface area contributed by atoms with E-state index in [2.05, 4.69) is 204 Å². The Hall–Kier alpha value is -7.82. The lowest BCUT2D eigenvalue weighted by atomic mass is 9.98. The van der Waals surface area contributed by atoms with Crippen LogP contribution >= 0.6 is 0 Å². The molecule has 0 bridgehead atoms. The Morgan fingerprint density at radius 2 is 0.983 bits per heavy atom. The molecule has 12 rings (SSSR count). The van der Waals surface area contributed by atoms with Crippen LogP contribution in [0.5, 0.6) is 0 Å². The van der Waals surface area contributed by atoms with E-state index in [0.29, 0.717) is 0 Å². The van der Waals surface area contributed by atoms with Crippen molar-refractivity contribution in [2.24, 2.45) is 0 Å². The maximum atomic E-state index is 7.04. The number of aromatic nitrogens is 1. The molecule has 12 aromatic rings. The summed E-state index contributed by atoms with van der Waals surface area (Å²) in [5.41, 5.74) is 14.2. The number of para-hydroxylation sites is 3. The minimum absolute atomic E-state index is 0.837. The van der Waals surface area contributed by atoms with Gasteiger partial charge in [-0.1, -0.05) is 133 Å². The molecule has 58 heavy (non-hydrogen) atoms. The molecule has 0 fully saturated rings. The molecule has 0 aliphatic heterocycles. The highest BCUT2D eigenvalue weighted by atomic mass is 16.3. The quantitative estimate of drug-likeness (QED) is 0.170. The number of hydrogen-bond donors (Lipinski definition) is 0.